The van der Waals surface area contributed by atoms with Crippen LogP contribution in [-0.2, 0) is 4.79 Å². The van der Waals surface area contributed by atoms with Crippen LogP contribution in [0.3, 0.4) is 0 Å². The van der Waals surface area contributed by atoms with Crippen molar-refractivity contribution in [1.29, 1.82) is 0 Å². The Bertz CT molecular complexity index is 730. The zero-order valence-corrected chi connectivity index (χ0v) is 15.6. The van der Waals surface area contributed by atoms with Gasteiger partial charge in [-0.15, -0.1) is 0 Å². The van der Waals surface area contributed by atoms with Crippen LogP contribution in [0.5, 0.6) is 5.75 Å². The van der Waals surface area contributed by atoms with Crippen LogP contribution in [0.25, 0.3) is 6.08 Å². The van der Waals surface area contributed by atoms with Gasteiger partial charge >= 0.3 is 0 Å². The summed E-state index contributed by atoms with van der Waals surface area (Å²) in [6, 6.07) is 16.2. The number of carbonyl (C=O) groups is 1. The Morgan fingerprint density at radius 2 is 1.68 bits per heavy atom. The van der Waals surface area contributed by atoms with Gasteiger partial charge in [0.1, 0.15) is 5.75 Å². The van der Waals surface area contributed by atoms with Gasteiger partial charge in [-0.25, -0.2) is 0 Å². The van der Waals surface area contributed by atoms with Crippen molar-refractivity contribution in [3.8, 4) is 5.75 Å². The van der Waals surface area contributed by atoms with Gasteiger partial charge in [0.05, 0.1) is 7.11 Å². The Kier molecular flexibility index (Phi) is 6.81. The number of rotatable bonds is 3. The lowest BCUT2D eigenvalue weighted by Crippen LogP contribution is -2.07. The molecule has 25 heavy (non-hydrogen) atoms. The standard InChI is InChI=1S/C13H14O2.C9H13N/c1-15-13-8-3-2-5-11(13)9-10-6-4-7-12(10)14;1-8-4-6-9(7-5-8)10(2)3/h2-3,5,8-9H,4,6-7H2,1H3;4-7H,1-3H3. The van der Waals surface area contributed by atoms with E-state index in [0.29, 0.717) is 6.42 Å². The number of para-hydroxylation sites is 1. The highest BCUT2D eigenvalue weighted by Crippen LogP contribution is 2.26. The van der Waals surface area contributed by atoms with Crippen LogP contribution >= 0.6 is 0 Å². The minimum absolute atomic E-state index is 0.279. The molecule has 0 N–H and O–H groups in total. The molecule has 1 fully saturated rings. The Morgan fingerprint density at radius 3 is 2.24 bits per heavy atom. The second-order valence-corrected chi connectivity index (χ2v) is 6.42. The van der Waals surface area contributed by atoms with E-state index in [1.54, 1.807) is 7.11 Å². The topological polar surface area (TPSA) is 29.5 Å². The van der Waals surface area contributed by atoms with E-state index in [2.05, 4.69) is 36.1 Å². The predicted octanol–water partition coefficient (Wildman–Crippen LogP) is 4.89. The van der Waals surface area contributed by atoms with Crippen LogP contribution in [0.2, 0.25) is 0 Å². The molecule has 3 heteroatoms. The zero-order valence-electron chi connectivity index (χ0n) is 15.6. The normalized spacial score (nSPS) is 14.9. The van der Waals surface area contributed by atoms with Crippen molar-refractivity contribution in [2.45, 2.75) is 26.2 Å². The van der Waals surface area contributed by atoms with Crippen LogP contribution in [0.15, 0.2) is 54.1 Å². The number of aryl methyl sites for hydroxylation is 1. The summed E-state index contributed by atoms with van der Waals surface area (Å²) >= 11 is 0. The van der Waals surface area contributed by atoms with Crippen molar-refractivity contribution in [3.63, 3.8) is 0 Å². The molecule has 0 radical (unpaired) electrons. The van der Waals surface area contributed by atoms with Crippen LogP contribution in [0.1, 0.15) is 30.4 Å². The summed E-state index contributed by atoms with van der Waals surface area (Å²) in [5.41, 5.74) is 4.49. The lowest BCUT2D eigenvalue weighted by atomic mass is 10.1. The third-order valence-electron chi connectivity index (χ3n) is 4.23. The molecule has 0 bridgehead atoms. The maximum atomic E-state index is 11.5. The molecule has 0 heterocycles. The molecule has 132 valence electrons. The number of ketones is 1. The van der Waals surface area contributed by atoms with E-state index in [0.717, 1.165) is 29.7 Å². The third-order valence-corrected chi connectivity index (χ3v) is 4.23. The van der Waals surface area contributed by atoms with E-state index in [1.807, 2.05) is 44.4 Å². The lowest BCUT2D eigenvalue weighted by Gasteiger charge is -2.11. The number of carbonyl (C=O) groups excluding carboxylic acids is 1. The molecule has 1 aliphatic rings. The molecular weight excluding hydrogens is 310 g/mol. The maximum Gasteiger partial charge on any atom is 0.158 e. The number of anilines is 1. The Balaban J connectivity index is 0.000000196. The first-order valence-electron chi connectivity index (χ1n) is 8.62. The number of ether oxygens (including phenoxy) is 1. The summed E-state index contributed by atoms with van der Waals surface area (Å²) in [4.78, 5) is 13.6. The van der Waals surface area contributed by atoms with E-state index >= 15 is 0 Å². The van der Waals surface area contributed by atoms with E-state index in [4.69, 9.17) is 4.74 Å². The van der Waals surface area contributed by atoms with Crippen molar-refractivity contribution in [2.24, 2.45) is 0 Å². The highest BCUT2D eigenvalue weighted by atomic mass is 16.5. The van der Waals surface area contributed by atoms with Gasteiger partial charge in [0.15, 0.2) is 5.78 Å². The number of hydrogen-bond acceptors (Lipinski definition) is 3. The predicted molar refractivity (Wildman–Crippen MR) is 105 cm³/mol. The summed E-state index contributed by atoms with van der Waals surface area (Å²) in [6.45, 7) is 2.10. The summed E-state index contributed by atoms with van der Waals surface area (Å²) < 4.78 is 5.23. The lowest BCUT2D eigenvalue weighted by molar-refractivity contribution is -0.114. The number of benzene rings is 2. The van der Waals surface area contributed by atoms with Gasteiger partial charge in [0.2, 0.25) is 0 Å². The number of nitrogens with zero attached hydrogens (tertiary/aromatic N) is 1. The smallest absolute Gasteiger partial charge is 0.158 e. The molecule has 0 atom stereocenters. The molecule has 2 aromatic carbocycles. The van der Waals surface area contributed by atoms with Crippen LogP contribution < -0.4 is 9.64 Å². The molecule has 0 saturated heterocycles. The number of hydrogen-bond donors (Lipinski definition) is 0. The second kappa shape index (κ2) is 9.07. The SMILES string of the molecule is COc1ccccc1C=C1CCCC1=O.Cc1ccc(N(C)C)cc1. The monoisotopic (exact) mass is 337 g/mol. The van der Waals surface area contributed by atoms with Gasteiger partial charge in [-0.3, -0.25) is 4.79 Å². The zero-order chi connectivity index (χ0) is 18.2. The minimum atomic E-state index is 0.279. The van der Waals surface area contributed by atoms with Crippen molar-refractivity contribution in [2.75, 3.05) is 26.1 Å². The second-order valence-electron chi connectivity index (χ2n) is 6.42. The fourth-order valence-electron chi connectivity index (χ4n) is 2.71. The molecular formula is C22H27NO2. The van der Waals surface area contributed by atoms with Gasteiger partial charge in [-0.2, -0.15) is 0 Å². The number of Topliss-reactive ketones (excluding diaryl/α,β-unsaturated/α-hetero) is 1. The first-order chi connectivity index (χ1) is 12.0. The quantitative estimate of drug-likeness (QED) is 0.747. The fraction of sp³-hybridized carbons (Fsp3) is 0.318. The van der Waals surface area contributed by atoms with E-state index in [1.165, 1.54) is 11.3 Å². The molecule has 1 saturated carbocycles. The van der Waals surface area contributed by atoms with Gasteiger partial charge in [0.25, 0.3) is 0 Å². The minimum Gasteiger partial charge on any atom is -0.496 e. The summed E-state index contributed by atoms with van der Waals surface area (Å²) in [6.07, 6.45) is 4.53. The Hall–Kier alpha value is -2.55. The van der Waals surface area contributed by atoms with Crippen LogP contribution in [-0.4, -0.2) is 27.0 Å². The molecule has 0 spiro atoms. The van der Waals surface area contributed by atoms with E-state index in [9.17, 15) is 4.79 Å². The van der Waals surface area contributed by atoms with Crippen LogP contribution in [0.4, 0.5) is 5.69 Å². The van der Waals surface area contributed by atoms with E-state index < -0.39 is 0 Å². The Labute approximate surface area is 150 Å². The van der Waals surface area contributed by atoms with Crippen molar-refractivity contribution >= 4 is 17.5 Å². The van der Waals surface area contributed by atoms with Crippen molar-refractivity contribution in [1.82, 2.24) is 0 Å². The summed E-state index contributed by atoms with van der Waals surface area (Å²) in [5, 5.41) is 0. The highest BCUT2D eigenvalue weighted by Gasteiger charge is 2.17. The van der Waals surface area contributed by atoms with Gasteiger partial charge in [0, 0.05) is 31.8 Å². The summed E-state index contributed by atoms with van der Waals surface area (Å²) in [5.74, 6) is 1.10. The number of methoxy groups -OCH3 is 1. The van der Waals surface area contributed by atoms with Gasteiger partial charge in [-0.05, 0) is 49.6 Å². The average molecular weight is 337 g/mol. The molecule has 0 unspecified atom stereocenters. The maximum absolute atomic E-state index is 11.5. The first kappa shape index (κ1) is 18.8. The van der Waals surface area contributed by atoms with Crippen molar-refractivity contribution < 1.29 is 9.53 Å². The highest BCUT2D eigenvalue weighted by molar-refractivity contribution is 6.01. The molecule has 3 rings (SSSR count). The molecule has 0 aromatic heterocycles. The first-order valence-corrected chi connectivity index (χ1v) is 8.62. The Morgan fingerprint density at radius 1 is 1.00 bits per heavy atom. The summed E-state index contributed by atoms with van der Waals surface area (Å²) in [7, 11) is 5.74. The third kappa shape index (κ3) is 5.49. The van der Waals surface area contributed by atoms with Crippen LogP contribution in [0, 0.1) is 6.92 Å². The van der Waals surface area contributed by atoms with Crippen molar-refractivity contribution in [3.05, 3.63) is 65.2 Å². The molecule has 0 amide bonds. The molecule has 3 nitrogen and oxygen atoms in total. The van der Waals surface area contributed by atoms with Gasteiger partial charge < -0.3 is 9.64 Å². The van der Waals surface area contributed by atoms with Gasteiger partial charge in [-0.1, -0.05) is 35.9 Å². The molecule has 2 aromatic rings. The molecule has 0 aliphatic heterocycles. The van der Waals surface area contributed by atoms with E-state index in [-0.39, 0.29) is 5.78 Å². The fourth-order valence-corrected chi connectivity index (χ4v) is 2.71. The molecule has 1 aliphatic carbocycles. The average Bonchev–Trinajstić information content (AvgIpc) is 3.01. The number of allylic oxidation sites excluding steroid dienone is 1. The largest absolute Gasteiger partial charge is 0.496 e.